The van der Waals surface area contributed by atoms with Crippen molar-refractivity contribution in [3.05, 3.63) is 65.7 Å². The Morgan fingerprint density at radius 1 is 1.00 bits per heavy atom. The van der Waals surface area contributed by atoms with Crippen molar-refractivity contribution in [3.8, 4) is 5.75 Å². The number of amides is 1. The molecule has 0 fully saturated rings. The molecule has 2 aromatic carbocycles. The van der Waals surface area contributed by atoms with Gasteiger partial charge >= 0.3 is 0 Å². The first-order valence-corrected chi connectivity index (χ1v) is 8.23. The van der Waals surface area contributed by atoms with Gasteiger partial charge in [0.1, 0.15) is 5.75 Å². The number of phenols is 1. The van der Waals surface area contributed by atoms with Crippen molar-refractivity contribution in [2.45, 2.75) is 25.3 Å². The number of nitrogens with zero attached hydrogens (tertiary/aromatic N) is 1. The zero-order valence-electron chi connectivity index (χ0n) is 14.4. The van der Waals surface area contributed by atoms with Crippen LogP contribution in [0.15, 0.2) is 54.6 Å². The van der Waals surface area contributed by atoms with E-state index in [4.69, 9.17) is 5.73 Å². The normalized spacial score (nSPS) is 13.6. The summed E-state index contributed by atoms with van der Waals surface area (Å²) in [4.78, 5) is 14.1. The molecule has 0 radical (unpaired) electrons. The number of aromatic hydroxyl groups is 1. The summed E-state index contributed by atoms with van der Waals surface area (Å²) in [5.41, 5.74) is 7.92. The Kier molecular flexibility index (Phi) is 6.38. The molecule has 0 aliphatic carbocycles. The summed E-state index contributed by atoms with van der Waals surface area (Å²) in [5, 5.41) is 9.41. The second-order valence-electron chi connectivity index (χ2n) is 6.51. The van der Waals surface area contributed by atoms with Crippen molar-refractivity contribution in [1.29, 1.82) is 0 Å². The Balaban J connectivity index is 2.08. The molecule has 3 N–H and O–H groups in total. The highest BCUT2D eigenvalue weighted by molar-refractivity contribution is 5.77. The standard InChI is InChI=1S/C20H26N2O2/c1-22(2)18(13-16-8-10-19(23)11-9-16)14-17(20(21)24)12-15-6-4-3-5-7-15/h3-11,17-18,23H,12-14H2,1-2H3,(H2,21,24)/t17?,18-/m1/s1. The van der Waals surface area contributed by atoms with Crippen LogP contribution in [-0.4, -0.2) is 36.1 Å². The number of benzene rings is 2. The minimum atomic E-state index is -0.253. The van der Waals surface area contributed by atoms with Crippen molar-refractivity contribution in [3.63, 3.8) is 0 Å². The van der Waals surface area contributed by atoms with Gasteiger partial charge in [-0.2, -0.15) is 0 Å². The molecule has 1 amide bonds. The van der Waals surface area contributed by atoms with Crippen molar-refractivity contribution in [2.24, 2.45) is 11.7 Å². The number of carbonyl (C=O) groups excluding carboxylic acids is 1. The highest BCUT2D eigenvalue weighted by atomic mass is 16.3. The Bertz CT molecular complexity index is 638. The van der Waals surface area contributed by atoms with E-state index in [2.05, 4.69) is 4.90 Å². The first kappa shape index (κ1) is 18.0. The minimum absolute atomic E-state index is 0.197. The summed E-state index contributed by atoms with van der Waals surface area (Å²) in [7, 11) is 4.04. The van der Waals surface area contributed by atoms with Gasteiger partial charge < -0.3 is 15.7 Å². The van der Waals surface area contributed by atoms with E-state index in [0.29, 0.717) is 12.8 Å². The van der Waals surface area contributed by atoms with Crippen LogP contribution in [0.5, 0.6) is 5.75 Å². The van der Waals surface area contributed by atoms with Crippen molar-refractivity contribution in [1.82, 2.24) is 4.90 Å². The Morgan fingerprint density at radius 2 is 1.58 bits per heavy atom. The Labute approximate surface area is 143 Å². The number of hydrogen-bond acceptors (Lipinski definition) is 3. The van der Waals surface area contributed by atoms with E-state index in [1.54, 1.807) is 12.1 Å². The maximum atomic E-state index is 11.9. The van der Waals surface area contributed by atoms with Crippen LogP contribution in [0, 0.1) is 5.92 Å². The van der Waals surface area contributed by atoms with E-state index in [0.717, 1.165) is 17.5 Å². The molecule has 0 saturated heterocycles. The van der Waals surface area contributed by atoms with Gasteiger partial charge in [0.05, 0.1) is 0 Å². The van der Waals surface area contributed by atoms with Gasteiger partial charge in [-0.3, -0.25) is 4.79 Å². The third-order valence-corrected chi connectivity index (χ3v) is 4.42. The molecule has 0 aromatic heterocycles. The molecule has 4 heteroatoms. The van der Waals surface area contributed by atoms with E-state index in [1.165, 1.54) is 0 Å². The van der Waals surface area contributed by atoms with E-state index < -0.39 is 0 Å². The lowest BCUT2D eigenvalue weighted by atomic mass is 9.89. The molecular weight excluding hydrogens is 300 g/mol. The first-order valence-electron chi connectivity index (χ1n) is 8.23. The van der Waals surface area contributed by atoms with Gasteiger partial charge in [-0.05, 0) is 56.6 Å². The molecule has 2 rings (SSSR count). The lowest BCUT2D eigenvalue weighted by Gasteiger charge is -2.28. The molecule has 128 valence electrons. The second kappa shape index (κ2) is 8.50. The zero-order chi connectivity index (χ0) is 17.5. The summed E-state index contributed by atoms with van der Waals surface area (Å²) in [6, 6.07) is 17.4. The van der Waals surface area contributed by atoms with Crippen LogP contribution in [0.2, 0.25) is 0 Å². The molecule has 0 aliphatic rings. The molecule has 0 bridgehead atoms. The molecule has 0 spiro atoms. The predicted octanol–water partition coefficient (Wildman–Crippen LogP) is 2.60. The smallest absolute Gasteiger partial charge is 0.220 e. The number of nitrogens with two attached hydrogens (primary N) is 1. The first-order chi connectivity index (χ1) is 11.5. The lowest BCUT2D eigenvalue weighted by molar-refractivity contribution is -0.122. The van der Waals surface area contributed by atoms with Crippen LogP contribution < -0.4 is 5.73 Å². The summed E-state index contributed by atoms with van der Waals surface area (Å²) in [6.07, 6.45) is 2.18. The highest BCUT2D eigenvalue weighted by Crippen LogP contribution is 2.20. The van der Waals surface area contributed by atoms with Gasteiger partial charge in [-0.15, -0.1) is 0 Å². The summed E-state index contributed by atoms with van der Waals surface area (Å²) in [6.45, 7) is 0. The van der Waals surface area contributed by atoms with Gasteiger partial charge in [0, 0.05) is 12.0 Å². The van der Waals surface area contributed by atoms with Gasteiger partial charge in [-0.25, -0.2) is 0 Å². The maximum absolute atomic E-state index is 11.9. The van der Waals surface area contributed by atoms with E-state index in [9.17, 15) is 9.90 Å². The maximum Gasteiger partial charge on any atom is 0.220 e. The van der Waals surface area contributed by atoms with Crippen molar-refractivity contribution in [2.75, 3.05) is 14.1 Å². The molecule has 1 unspecified atom stereocenters. The van der Waals surface area contributed by atoms with Crippen LogP contribution in [-0.2, 0) is 17.6 Å². The fourth-order valence-electron chi connectivity index (χ4n) is 2.91. The van der Waals surface area contributed by atoms with E-state index in [1.807, 2.05) is 56.6 Å². The topological polar surface area (TPSA) is 66.6 Å². The third kappa shape index (κ3) is 5.39. The number of hydrogen-bond donors (Lipinski definition) is 2. The molecule has 0 saturated carbocycles. The van der Waals surface area contributed by atoms with Gasteiger partial charge in [0.15, 0.2) is 0 Å². The predicted molar refractivity (Wildman–Crippen MR) is 96.7 cm³/mol. The Hall–Kier alpha value is -2.33. The second-order valence-corrected chi connectivity index (χ2v) is 6.51. The average molecular weight is 326 g/mol. The van der Waals surface area contributed by atoms with Crippen molar-refractivity contribution >= 4 is 5.91 Å². The summed E-state index contributed by atoms with van der Waals surface area (Å²) in [5.74, 6) is -0.187. The molecule has 2 atom stereocenters. The van der Waals surface area contributed by atoms with Crippen LogP contribution in [0.1, 0.15) is 17.5 Å². The van der Waals surface area contributed by atoms with E-state index >= 15 is 0 Å². The average Bonchev–Trinajstić information content (AvgIpc) is 2.56. The molecule has 4 nitrogen and oxygen atoms in total. The highest BCUT2D eigenvalue weighted by Gasteiger charge is 2.23. The number of primary amides is 1. The van der Waals surface area contributed by atoms with Crippen LogP contribution in [0.25, 0.3) is 0 Å². The quantitative estimate of drug-likeness (QED) is 0.783. The van der Waals surface area contributed by atoms with Crippen LogP contribution >= 0.6 is 0 Å². The minimum Gasteiger partial charge on any atom is -0.508 e. The fraction of sp³-hybridized carbons (Fsp3) is 0.350. The van der Waals surface area contributed by atoms with Gasteiger partial charge in [0.2, 0.25) is 5.91 Å². The fourth-order valence-corrected chi connectivity index (χ4v) is 2.91. The molecule has 24 heavy (non-hydrogen) atoms. The number of likely N-dealkylation sites (N-methyl/N-ethyl adjacent to an activating group) is 1. The number of phenolic OH excluding ortho intramolecular Hbond substituents is 1. The largest absolute Gasteiger partial charge is 0.508 e. The SMILES string of the molecule is CN(C)[C@H](Cc1ccc(O)cc1)CC(Cc1ccccc1)C(N)=O. The van der Waals surface area contributed by atoms with Gasteiger partial charge in [0.25, 0.3) is 0 Å². The molecular formula is C20H26N2O2. The summed E-state index contributed by atoms with van der Waals surface area (Å²) >= 11 is 0. The zero-order valence-corrected chi connectivity index (χ0v) is 14.4. The molecule has 0 aliphatic heterocycles. The number of carbonyl (C=O) groups is 1. The Morgan fingerprint density at radius 3 is 2.12 bits per heavy atom. The van der Waals surface area contributed by atoms with Crippen molar-refractivity contribution < 1.29 is 9.90 Å². The third-order valence-electron chi connectivity index (χ3n) is 4.42. The van der Waals surface area contributed by atoms with Gasteiger partial charge in [-0.1, -0.05) is 42.5 Å². The monoisotopic (exact) mass is 326 g/mol. The van der Waals surface area contributed by atoms with E-state index in [-0.39, 0.29) is 23.6 Å². The van der Waals surface area contributed by atoms with Crippen LogP contribution in [0.3, 0.4) is 0 Å². The lowest BCUT2D eigenvalue weighted by Crippen LogP contribution is -2.36. The van der Waals surface area contributed by atoms with Crippen LogP contribution in [0.4, 0.5) is 0 Å². The number of rotatable bonds is 8. The molecule has 2 aromatic rings. The summed E-state index contributed by atoms with van der Waals surface area (Å²) < 4.78 is 0. The molecule has 0 heterocycles.